The number of carbonyl (C=O) groups excluding carboxylic acids is 1. The SMILES string of the molecule is COc1cccc(-c2oc(C(Br)CCNS(=O)[O-])c(OC(C)=O)c2O)c1OC. The molecule has 0 radical (unpaired) electrons. The second-order valence-electron chi connectivity index (χ2n) is 5.49. The van der Waals surface area contributed by atoms with Crippen molar-refractivity contribution < 1.29 is 37.3 Å². The van der Waals surface area contributed by atoms with Gasteiger partial charge in [0.1, 0.15) is 0 Å². The van der Waals surface area contributed by atoms with Crippen LogP contribution in [0.25, 0.3) is 11.3 Å². The Bertz CT molecular complexity index is 869. The van der Waals surface area contributed by atoms with Gasteiger partial charge in [0.2, 0.25) is 11.5 Å². The van der Waals surface area contributed by atoms with E-state index in [1.165, 1.54) is 21.1 Å². The fraction of sp³-hybridized carbons (Fsp3) is 0.353. The maximum Gasteiger partial charge on any atom is 0.308 e. The van der Waals surface area contributed by atoms with Crippen LogP contribution in [0.4, 0.5) is 0 Å². The van der Waals surface area contributed by atoms with Crippen molar-refractivity contribution in [3.05, 3.63) is 24.0 Å². The zero-order chi connectivity index (χ0) is 20.8. The van der Waals surface area contributed by atoms with Crippen LogP contribution >= 0.6 is 15.9 Å². The van der Waals surface area contributed by atoms with Gasteiger partial charge in [-0.1, -0.05) is 22.0 Å². The van der Waals surface area contributed by atoms with E-state index in [1.807, 2.05) is 0 Å². The second-order valence-corrected chi connectivity index (χ2v) is 7.36. The first-order chi connectivity index (χ1) is 13.3. The molecule has 0 fully saturated rings. The van der Waals surface area contributed by atoms with Crippen molar-refractivity contribution in [3.8, 4) is 34.3 Å². The van der Waals surface area contributed by atoms with E-state index in [9.17, 15) is 18.7 Å². The minimum absolute atomic E-state index is 0.0202. The maximum atomic E-state index is 11.5. The van der Waals surface area contributed by atoms with Crippen LogP contribution in [-0.4, -0.2) is 40.6 Å². The van der Waals surface area contributed by atoms with Gasteiger partial charge >= 0.3 is 5.97 Å². The Labute approximate surface area is 172 Å². The minimum atomic E-state index is -2.41. The normalized spacial score (nSPS) is 13.0. The molecule has 11 heteroatoms. The highest BCUT2D eigenvalue weighted by Gasteiger charge is 2.30. The van der Waals surface area contributed by atoms with Crippen LogP contribution in [0.1, 0.15) is 23.9 Å². The number of aromatic hydroxyl groups is 1. The van der Waals surface area contributed by atoms with Crippen LogP contribution < -0.4 is 18.9 Å². The number of esters is 1. The zero-order valence-corrected chi connectivity index (χ0v) is 17.7. The molecule has 1 aromatic heterocycles. The molecular weight excluding hydrogens is 458 g/mol. The Morgan fingerprint density at radius 2 is 2.07 bits per heavy atom. The third-order valence-corrected chi connectivity index (χ3v) is 4.98. The monoisotopic (exact) mass is 476 g/mol. The van der Waals surface area contributed by atoms with Crippen molar-refractivity contribution in [3.63, 3.8) is 0 Å². The summed E-state index contributed by atoms with van der Waals surface area (Å²) in [5.41, 5.74) is 0.387. The highest BCUT2D eigenvalue weighted by Crippen LogP contribution is 2.51. The fourth-order valence-electron chi connectivity index (χ4n) is 2.52. The molecule has 0 bridgehead atoms. The van der Waals surface area contributed by atoms with Gasteiger partial charge in [-0.15, -0.1) is 0 Å². The predicted octanol–water partition coefficient (Wildman–Crippen LogP) is 2.80. The molecule has 2 N–H and O–H groups in total. The molecule has 28 heavy (non-hydrogen) atoms. The molecule has 0 aliphatic heterocycles. The summed E-state index contributed by atoms with van der Waals surface area (Å²) >= 11 is 0.961. The molecule has 0 aliphatic rings. The first-order valence-electron chi connectivity index (χ1n) is 8.02. The Hall–Kier alpha value is -2.08. The highest BCUT2D eigenvalue weighted by molar-refractivity contribution is 9.09. The number of carbonyl (C=O) groups is 1. The Kier molecular flexibility index (Phi) is 7.87. The van der Waals surface area contributed by atoms with Gasteiger partial charge in [0.25, 0.3) is 0 Å². The number of para-hydroxylation sites is 1. The van der Waals surface area contributed by atoms with Crippen molar-refractivity contribution in [1.29, 1.82) is 0 Å². The van der Waals surface area contributed by atoms with Crippen LogP contribution in [0.5, 0.6) is 23.0 Å². The molecular formula is C17H19BrNO8S-. The molecule has 9 nitrogen and oxygen atoms in total. The van der Waals surface area contributed by atoms with Gasteiger partial charge in [0, 0.05) is 24.7 Å². The van der Waals surface area contributed by atoms with E-state index in [0.717, 1.165) is 0 Å². The van der Waals surface area contributed by atoms with E-state index < -0.39 is 22.1 Å². The van der Waals surface area contributed by atoms with E-state index in [-0.39, 0.29) is 36.0 Å². The van der Waals surface area contributed by atoms with Crippen molar-refractivity contribution in [2.24, 2.45) is 0 Å². The number of hydrogen-bond acceptors (Lipinski definition) is 8. The van der Waals surface area contributed by atoms with Crippen molar-refractivity contribution >= 4 is 33.2 Å². The number of benzene rings is 1. The summed E-state index contributed by atoms with van der Waals surface area (Å²) in [6, 6.07) is 5.01. The number of hydrogen-bond donors (Lipinski definition) is 2. The molecule has 2 atom stereocenters. The third-order valence-electron chi connectivity index (χ3n) is 3.66. The van der Waals surface area contributed by atoms with Crippen molar-refractivity contribution in [2.75, 3.05) is 20.8 Å². The van der Waals surface area contributed by atoms with Crippen LogP contribution in [0, 0.1) is 0 Å². The first-order valence-corrected chi connectivity index (χ1v) is 10.0. The molecule has 0 saturated heterocycles. The number of rotatable bonds is 9. The molecule has 0 amide bonds. The quantitative estimate of drug-likeness (QED) is 0.320. The van der Waals surface area contributed by atoms with Crippen molar-refractivity contribution in [1.82, 2.24) is 4.72 Å². The first kappa shape index (κ1) is 22.2. The Morgan fingerprint density at radius 3 is 2.64 bits per heavy atom. The number of nitrogens with one attached hydrogen (secondary N) is 1. The highest BCUT2D eigenvalue weighted by atomic mass is 79.9. The maximum absolute atomic E-state index is 11.5. The Balaban J connectivity index is 2.51. The topological polar surface area (TPSA) is 130 Å². The number of halogens is 1. The van der Waals surface area contributed by atoms with E-state index in [4.69, 9.17) is 18.6 Å². The molecule has 0 spiro atoms. The molecule has 2 aromatic rings. The van der Waals surface area contributed by atoms with Crippen LogP contribution in [0.15, 0.2) is 22.6 Å². The summed E-state index contributed by atoms with van der Waals surface area (Å²) in [5.74, 6) is -0.301. The van der Waals surface area contributed by atoms with Gasteiger partial charge in [-0.25, -0.2) is 4.72 Å². The van der Waals surface area contributed by atoms with Crippen molar-refractivity contribution in [2.45, 2.75) is 18.2 Å². The lowest BCUT2D eigenvalue weighted by Crippen LogP contribution is -2.18. The largest absolute Gasteiger partial charge is 0.760 e. The van der Waals surface area contributed by atoms with Gasteiger partial charge in [0.05, 0.1) is 24.6 Å². The molecule has 1 heterocycles. The van der Waals surface area contributed by atoms with E-state index >= 15 is 0 Å². The second kappa shape index (κ2) is 9.92. The standard InChI is InChI=1S/C17H20BrNO8S/c1-9(20)26-17-13(21)15(10-5-4-6-12(24-2)14(10)25-3)27-16(17)11(18)7-8-19-28(22)23/h4-6,11,19,21H,7-8H2,1-3H3,(H,22,23)/p-1. The molecule has 0 aliphatic carbocycles. The molecule has 2 rings (SSSR count). The van der Waals surface area contributed by atoms with E-state index in [2.05, 4.69) is 20.7 Å². The number of methoxy groups -OCH3 is 2. The fourth-order valence-corrected chi connectivity index (χ4v) is 3.34. The Morgan fingerprint density at radius 1 is 1.36 bits per heavy atom. The lowest BCUT2D eigenvalue weighted by atomic mass is 10.1. The molecule has 2 unspecified atom stereocenters. The number of alkyl halides is 1. The summed E-state index contributed by atoms with van der Waals surface area (Å²) in [4.78, 5) is 10.9. The third kappa shape index (κ3) is 5.04. The summed E-state index contributed by atoms with van der Waals surface area (Å²) in [7, 11) is 2.91. The number of furan rings is 1. The van der Waals surface area contributed by atoms with Gasteiger partial charge in [-0.3, -0.25) is 9.00 Å². The van der Waals surface area contributed by atoms with Gasteiger partial charge in [-0.05, 0) is 18.6 Å². The summed E-state index contributed by atoms with van der Waals surface area (Å²) in [5, 5.41) is 10.7. The molecule has 154 valence electrons. The lowest BCUT2D eigenvalue weighted by Gasteiger charge is -2.11. The lowest BCUT2D eigenvalue weighted by molar-refractivity contribution is -0.132. The van der Waals surface area contributed by atoms with Crippen LogP contribution in [0.3, 0.4) is 0 Å². The van der Waals surface area contributed by atoms with Crippen LogP contribution in [0.2, 0.25) is 0 Å². The summed E-state index contributed by atoms with van der Waals surface area (Å²) in [6.45, 7) is 1.29. The summed E-state index contributed by atoms with van der Waals surface area (Å²) in [6.07, 6.45) is 0.268. The van der Waals surface area contributed by atoms with Crippen LogP contribution in [-0.2, 0) is 16.1 Å². The average Bonchev–Trinajstić information content (AvgIpc) is 2.96. The minimum Gasteiger partial charge on any atom is -0.760 e. The van der Waals surface area contributed by atoms with E-state index in [1.54, 1.807) is 18.2 Å². The van der Waals surface area contributed by atoms with Gasteiger partial charge in [-0.2, -0.15) is 0 Å². The predicted molar refractivity (Wildman–Crippen MR) is 103 cm³/mol. The number of ether oxygens (including phenoxy) is 3. The smallest absolute Gasteiger partial charge is 0.308 e. The average molecular weight is 477 g/mol. The molecule has 0 saturated carbocycles. The van der Waals surface area contributed by atoms with Gasteiger partial charge < -0.3 is 28.3 Å². The molecule has 1 aromatic carbocycles. The summed E-state index contributed by atoms with van der Waals surface area (Å²) < 4.78 is 45.0. The zero-order valence-electron chi connectivity index (χ0n) is 15.3. The van der Waals surface area contributed by atoms with Gasteiger partial charge in [0.15, 0.2) is 23.0 Å². The van der Waals surface area contributed by atoms with E-state index in [0.29, 0.717) is 17.1 Å².